The molecule has 0 spiro atoms. The number of carbonyl (C=O) groups is 1. The van der Waals surface area contributed by atoms with Gasteiger partial charge in [-0.2, -0.15) is 0 Å². The second-order valence-corrected chi connectivity index (χ2v) is 4.62. The molecule has 0 amide bonds. The van der Waals surface area contributed by atoms with Gasteiger partial charge in [0.05, 0.1) is 19.1 Å². The molecule has 1 unspecified atom stereocenters. The van der Waals surface area contributed by atoms with Crippen molar-refractivity contribution in [3.05, 3.63) is 35.4 Å². The van der Waals surface area contributed by atoms with Crippen LogP contribution in [0.25, 0.3) is 0 Å². The van der Waals surface area contributed by atoms with Crippen molar-refractivity contribution in [2.45, 2.75) is 19.8 Å². The third kappa shape index (κ3) is 6.36. The summed E-state index contributed by atoms with van der Waals surface area (Å²) in [7, 11) is 1.61. The number of carboxylic acid groups (broad SMARTS) is 1. The van der Waals surface area contributed by atoms with E-state index in [1.165, 1.54) is 5.56 Å². The van der Waals surface area contributed by atoms with Crippen molar-refractivity contribution < 1.29 is 19.4 Å². The summed E-state index contributed by atoms with van der Waals surface area (Å²) in [4.78, 5) is 11.2. The number of methoxy groups -OCH3 is 1. The van der Waals surface area contributed by atoms with Crippen molar-refractivity contribution in [2.24, 2.45) is 5.92 Å². The molecule has 1 rings (SSSR count). The fraction of sp³-hybridized carbons (Fsp3) is 0.533. The molecule has 19 heavy (non-hydrogen) atoms. The lowest BCUT2D eigenvalue weighted by molar-refractivity contribution is -0.142. The third-order valence-electron chi connectivity index (χ3n) is 2.99. The molecule has 0 aromatic heterocycles. The van der Waals surface area contributed by atoms with Crippen LogP contribution in [0, 0.1) is 12.8 Å². The van der Waals surface area contributed by atoms with Gasteiger partial charge in [-0.25, -0.2) is 0 Å². The zero-order valence-electron chi connectivity index (χ0n) is 11.6. The van der Waals surface area contributed by atoms with Gasteiger partial charge < -0.3 is 14.6 Å². The first-order valence-electron chi connectivity index (χ1n) is 6.48. The van der Waals surface area contributed by atoms with Crippen LogP contribution in [0.3, 0.4) is 0 Å². The Balaban J connectivity index is 2.40. The monoisotopic (exact) mass is 266 g/mol. The minimum Gasteiger partial charge on any atom is -0.481 e. The van der Waals surface area contributed by atoms with Crippen LogP contribution in [0.4, 0.5) is 0 Å². The quantitative estimate of drug-likeness (QED) is 0.697. The van der Waals surface area contributed by atoms with Gasteiger partial charge in [-0.1, -0.05) is 29.8 Å². The normalized spacial score (nSPS) is 12.3. The van der Waals surface area contributed by atoms with Crippen molar-refractivity contribution in [3.8, 4) is 0 Å². The molecule has 0 saturated carbocycles. The van der Waals surface area contributed by atoms with Gasteiger partial charge >= 0.3 is 5.97 Å². The SMILES string of the molecule is COCCOCCC(Cc1ccc(C)cc1)C(=O)O. The first-order chi connectivity index (χ1) is 9.13. The number of hydrogen-bond acceptors (Lipinski definition) is 3. The lowest BCUT2D eigenvalue weighted by Gasteiger charge is -2.12. The minimum absolute atomic E-state index is 0.398. The molecule has 106 valence electrons. The largest absolute Gasteiger partial charge is 0.481 e. The van der Waals surface area contributed by atoms with Crippen LogP contribution in [0.15, 0.2) is 24.3 Å². The smallest absolute Gasteiger partial charge is 0.306 e. The number of aliphatic carboxylic acids is 1. The van der Waals surface area contributed by atoms with Gasteiger partial charge in [0, 0.05) is 13.7 Å². The molecule has 4 nitrogen and oxygen atoms in total. The topological polar surface area (TPSA) is 55.8 Å². The molecule has 4 heteroatoms. The summed E-state index contributed by atoms with van der Waals surface area (Å²) in [5, 5.41) is 9.21. The molecule has 1 aromatic carbocycles. The molecule has 0 bridgehead atoms. The van der Waals surface area contributed by atoms with Gasteiger partial charge in [0.1, 0.15) is 0 Å². The highest BCUT2D eigenvalue weighted by Gasteiger charge is 2.17. The highest BCUT2D eigenvalue weighted by atomic mass is 16.5. The van der Waals surface area contributed by atoms with Gasteiger partial charge in [0.25, 0.3) is 0 Å². The van der Waals surface area contributed by atoms with Crippen LogP contribution in [0.1, 0.15) is 17.5 Å². The molecule has 1 atom stereocenters. The second kappa shape index (κ2) is 8.67. The maximum Gasteiger partial charge on any atom is 0.306 e. The van der Waals surface area contributed by atoms with E-state index in [9.17, 15) is 9.90 Å². The predicted molar refractivity (Wildman–Crippen MR) is 73.3 cm³/mol. The van der Waals surface area contributed by atoms with Gasteiger partial charge in [0.15, 0.2) is 0 Å². The molecule has 0 aliphatic heterocycles. The van der Waals surface area contributed by atoms with E-state index in [2.05, 4.69) is 0 Å². The molecule has 1 N–H and O–H groups in total. The maximum atomic E-state index is 11.2. The Morgan fingerprint density at radius 3 is 2.47 bits per heavy atom. The summed E-state index contributed by atoms with van der Waals surface area (Å²) in [6.45, 7) is 3.51. The predicted octanol–water partition coefficient (Wildman–Crippen LogP) is 2.29. The minimum atomic E-state index is -0.768. The van der Waals surface area contributed by atoms with Crippen molar-refractivity contribution in [3.63, 3.8) is 0 Å². The van der Waals surface area contributed by atoms with Gasteiger partial charge in [0.2, 0.25) is 0 Å². The average molecular weight is 266 g/mol. The Kier molecular flexibility index (Phi) is 7.15. The Hall–Kier alpha value is -1.39. The summed E-state index contributed by atoms with van der Waals surface area (Å²) in [5.41, 5.74) is 2.23. The van der Waals surface area contributed by atoms with E-state index in [1.54, 1.807) is 7.11 Å². The number of rotatable bonds is 9. The van der Waals surface area contributed by atoms with Crippen LogP contribution >= 0.6 is 0 Å². The van der Waals surface area contributed by atoms with Gasteiger partial charge in [-0.3, -0.25) is 4.79 Å². The number of benzene rings is 1. The van der Waals surface area contributed by atoms with Crippen molar-refractivity contribution in [1.29, 1.82) is 0 Å². The maximum absolute atomic E-state index is 11.2. The molecule has 0 heterocycles. The van der Waals surface area contributed by atoms with Crippen molar-refractivity contribution in [1.82, 2.24) is 0 Å². The zero-order chi connectivity index (χ0) is 14.1. The van der Waals surface area contributed by atoms with E-state index in [1.807, 2.05) is 31.2 Å². The number of aryl methyl sites for hydroxylation is 1. The molecule has 0 saturated heterocycles. The average Bonchev–Trinajstić information content (AvgIpc) is 2.39. The van der Waals surface area contributed by atoms with E-state index in [0.717, 1.165) is 5.56 Å². The lowest BCUT2D eigenvalue weighted by atomic mass is 9.96. The summed E-state index contributed by atoms with van der Waals surface area (Å²) in [5.74, 6) is -1.17. The van der Waals surface area contributed by atoms with Gasteiger partial charge in [-0.05, 0) is 25.3 Å². The molecule has 1 aromatic rings. The van der Waals surface area contributed by atoms with Gasteiger partial charge in [-0.15, -0.1) is 0 Å². The third-order valence-corrected chi connectivity index (χ3v) is 2.99. The van der Waals surface area contributed by atoms with Crippen LogP contribution in [0.5, 0.6) is 0 Å². The first kappa shape index (κ1) is 15.7. The van der Waals surface area contributed by atoms with Crippen LogP contribution in [-0.2, 0) is 20.7 Å². The Labute approximate surface area is 114 Å². The molecule has 0 fully saturated rings. The summed E-state index contributed by atoms with van der Waals surface area (Å²) >= 11 is 0. The Morgan fingerprint density at radius 1 is 1.21 bits per heavy atom. The Morgan fingerprint density at radius 2 is 1.89 bits per heavy atom. The first-order valence-corrected chi connectivity index (χ1v) is 6.48. The Bertz CT molecular complexity index is 372. The van der Waals surface area contributed by atoms with E-state index >= 15 is 0 Å². The highest BCUT2D eigenvalue weighted by molar-refractivity contribution is 5.70. The fourth-order valence-electron chi connectivity index (χ4n) is 1.79. The van der Waals surface area contributed by atoms with Crippen LogP contribution in [-0.4, -0.2) is 38.0 Å². The molecular formula is C15H22O4. The highest BCUT2D eigenvalue weighted by Crippen LogP contribution is 2.14. The number of carboxylic acids is 1. The number of ether oxygens (including phenoxy) is 2. The summed E-state index contributed by atoms with van der Waals surface area (Å²) in [6, 6.07) is 7.97. The molecule has 0 aliphatic rings. The van der Waals surface area contributed by atoms with Crippen LogP contribution in [0.2, 0.25) is 0 Å². The number of hydrogen-bond donors (Lipinski definition) is 1. The lowest BCUT2D eigenvalue weighted by Crippen LogP contribution is -2.19. The van der Waals surface area contributed by atoms with Crippen LogP contribution < -0.4 is 0 Å². The summed E-state index contributed by atoms with van der Waals surface area (Å²) < 4.78 is 10.2. The standard InChI is InChI=1S/C15H22O4/c1-12-3-5-13(6-4-12)11-14(15(16)17)7-8-19-10-9-18-2/h3-6,14H,7-11H2,1-2H3,(H,16,17). The van der Waals surface area contributed by atoms with E-state index in [0.29, 0.717) is 32.7 Å². The molecule has 0 aliphatic carbocycles. The second-order valence-electron chi connectivity index (χ2n) is 4.62. The fourth-order valence-corrected chi connectivity index (χ4v) is 1.79. The zero-order valence-corrected chi connectivity index (χ0v) is 11.6. The van der Waals surface area contributed by atoms with E-state index < -0.39 is 11.9 Å². The van der Waals surface area contributed by atoms with Crippen molar-refractivity contribution in [2.75, 3.05) is 26.9 Å². The van der Waals surface area contributed by atoms with Crippen molar-refractivity contribution >= 4 is 5.97 Å². The van der Waals surface area contributed by atoms with E-state index in [4.69, 9.17) is 9.47 Å². The summed E-state index contributed by atoms with van der Waals surface area (Å²) in [6.07, 6.45) is 1.07. The molecule has 0 radical (unpaired) electrons. The van der Waals surface area contributed by atoms with E-state index in [-0.39, 0.29) is 0 Å². The molecular weight excluding hydrogens is 244 g/mol.